The molecule has 1 aromatic rings. The Labute approximate surface area is 99.5 Å². The third kappa shape index (κ3) is 3.83. The molecule has 1 aromatic carbocycles. The van der Waals surface area contributed by atoms with E-state index >= 15 is 0 Å². The summed E-state index contributed by atoms with van der Waals surface area (Å²) in [5.74, 6) is -2.10. The Kier molecular flexibility index (Phi) is 3.94. The Morgan fingerprint density at radius 2 is 2.00 bits per heavy atom. The van der Waals surface area contributed by atoms with Crippen molar-refractivity contribution in [2.75, 3.05) is 0 Å². The predicted octanol–water partition coefficient (Wildman–Crippen LogP) is 2.58. The molecule has 4 nitrogen and oxygen atoms in total. The fraction of sp³-hybridized carbons (Fsp3) is 0.0909. The van der Waals surface area contributed by atoms with E-state index < -0.39 is 23.7 Å². The summed E-state index contributed by atoms with van der Waals surface area (Å²) >= 11 is 0. The van der Waals surface area contributed by atoms with Gasteiger partial charge in [-0.1, -0.05) is 18.2 Å². The van der Waals surface area contributed by atoms with E-state index in [1.807, 2.05) is 0 Å². The van der Waals surface area contributed by atoms with Gasteiger partial charge in [0, 0.05) is 5.56 Å². The van der Waals surface area contributed by atoms with Gasteiger partial charge < -0.3 is 9.84 Å². The van der Waals surface area contributed by atoms with Gasteiger partial charge in [-0.05, 0) is 12.1 Å². The van der Waals surface area contributed by atoms with Crippen LogP contribution < -0.4 is 4.74 Å². The predicted molar refractivity (Wildman–Crippen MR) is 54.4 cm³/mol. The first-order valence-electron chi connectivity index (χ1n) is 4.53. The quantitative estimate of drug-likeness (QED) is 0.667. The molecule has 0 aromatic heterocycles. The van der Waals surface area contributed by atoms with Gasteiger partial charge in [0.1, 0.15) is 17.4 Å². The number of ether oxygens (including phenoxy) is 1. The van der Waals surface area contributed by atoms with Crippen LogP contribution in [0.2, 0.25) is 0 Å². The second-order valence-corrected chi connectivity index (χ2v) is 3.06. The lowest BCUT2D eigenvalue weighted by Crippen LogP contribution is -2.17. The minimum absolute atomic E-state index is 0.145. The van der Waals surface area contributed by atoms with E-state index in [9.17, 15) is 18.0 Å². The third-order valence-electron chi connectivity index (χ3n) is 1.80. The Morgan fingerprint density at radius 1 is 1.39 bits per heavy atom. The molecule has 0 unspecified atom stereocenters. The summed E-state index contributed by atoms with van der Waals surface area (Å²) in [6.07, 6.45) is -4.08. The zero-order valence-corrected chi connectivity index (χ0v) is 8.73. The van der Waals surface area contributed by atoms with Crippen molar-refractivity contribution in [2.24, 2.45) is 0 Å². The first-order valence-corrected chi connectivity index (χ1v) is 4.53. The molecule has 1 N–H and O–H groups in total. The van der Waals surface area contributed by atoms with E-state index in [0.29, 0.717) is 0 Å². The second kappa shape index (κ2) is 5.23. The first kappa shape index (κ1) is 13.6. The average molecular weight is 257 g/mol. The number of hydrogen-bond donors (Lipinski definition) is 1. The maximum atomic E-state index is 12.1. The van der Waals surface area contributed by atoms with Crippen molar-refractivity contribution in [3.8, 4) is 11.8 Å². The van der Waals surface area contributed by atoms with E-state index in [1.54, 1.807) is 0 Å². The van der Waals surface area contributed by atoms with Gasteiger partial charge in [0.2, 0.25) is 0 Å². The highest BCUT2D eigenvalue weighted by molar-refractivity contribution is 5.96. The van der Waals surface area contributed by atoms with Gasteiger partial charge in [-0.25, -0.2) is 4.79 Å². The highest BCUT2D eigenvalue weighted by Gasteiger charge is 2.31. The van der Waals surface area contributed by atoms with Gasteiger partial charge in [-0.2, -0.15) is 5.26 Å². The molecular formula is C11H6F3NO3. The average Bonchev–Trinajstić information content (AvgIpc) is 2.25. The van der Waals surface area contributed by atoms with Gasteiger partial charge in [-0.3, -0.25) is 0 Å². The number of alkyl halides is 3. The minimum Gasteiger partial charge on any atom is -0.477 e. The summed E-state index contributed by atoms with van der Waals surface area (Å²) in [6.45, 7) is 0. The van der Waals surface area contributed by atoms with E-state index in [-0.39, 0.29) is 5.56 Å². The highest BCUT2D eigenvalue weighted by Crippen LogP contribution is 2.27. The molecule has 7 heteroatoms. The molecule has 0 aliphatic rings. The first-order chi connectivity index (χ1) is 8.33. The number of hydrogen-bond acceptors (Lipinski definition) is 3. The molecule has 0 amide bonds. The Bertz CT molecular complexity index is 529. The van der Waals surface area contributed by atoms with Crippen molar-refractivity contribution >= 4 is 12.0 Å². The van der Waals surface area contributed by atoms with Crippen molar-refractivity contribution in [3.05, 3.63) is 35.4 Å². The monoisotopic (exact) mass is 257 g/mol. The van der Waals surface area contributed by atoms with Crippen molar-refractivity contribution in [1.82, 2.24) is 0 Å². The van der Waals surface area contributed by atoms with E-state index in [4.69, 9.17) is 10.4 Å². The molecule has 0 spiro atoms. The summed E-state index contributed by atoms with van der Waals surface area (Å²) in [4.78, 5) is 10.6. The molecular weight excluding hydrogens is 251 g/mol. The van der Waals surface area contributed by atoms with Gasteiger partial charge in [0.25, 0.3) is 0 Å². The summed E-state index contributed by atoms with van der Waals surface area (Å²) in [6, 6.07) is 6.29. The molecule has 0 saturated heterocycles. The lowest BCUT2D eigenvalue weighted by atomic mass is 10.1. The number of para-hydroxylation sites is 1. The number of carboxylic acids is 1. The van der Waals surface area contributed by atoms with Crippen molar-refractivity contribution in [1.29, 1.82) is 5.26 Å². The number of rotatable bonds is 3. The number of carboxylic acid groups (broad SMARTS) is 1. The van der Waals surface area contributed by atoms with Gasteiger partial charge in [0.05, 0.1) is 0 Å². The zero-order chi connectivity index (χ0) is 13.8. The smallest absolute Gasteiger partial charge is 0.477 e. The number of benzene rings is 1. The topological polar surface area (TPSA) is 70.3 Å². The molecule has 1 rings (SSSR count). The van der Waals surface area contributed by atoms with Crippen LogP contribution in [0.5, 0.6) is 5.75 Å². The molecule has 94 valence electrons. The Morgan fingerprint density at radius 3 is 2.50 bits per heavy atom. The van der Waals surface area contributed by atoms with E-state index in [2.05, 4.69) is 4.74 Å². The number of aliphatic carboxylic acids is 1. The number of halogens is 3. The molecule has 18 heavy (non-hydrogen) atoms. The van der Waals surface area contributed by atoms with Gasteiger partial charge in [0.15, 0.2) is 0 Å². The largest absolute Gasteiger partial charge is 0.573 e. The number of carbonyl (C=O) groups is 1. The Hall–Kier alpha value is -2.49. The number of nitrogens with zero attached hydrogens (tertiary/aromatic N) is 1. The van der Waals surface area contributed by atoms with Crippen LogP contribution in [0.1, 0.15) is 5.56 Å². The molecule has 0 atom stereocenters. The van der Waals surface area contributed by atoms with Crippen LogP contribution in [0.4, 0.5) is 13.2 Å². The normalized spacial score (nSPS) is 11.8. The molecule has 0 radical (unpaired) electrons. The minimum atomic E-state index is -4.89. The van der Waals surface area contributed by atoms with Crippen LogP contribution in [0.3, 0.4) is 0 Å². The fourth-order valence-corrected chi connectivity index (χ4v) is 1.11. The molecule has 0 aliphatic carbocycles. The van der Waals surface area contributed by atoms with Crippen LogP contribution in [0.25, 0.3) is 6.08 Å². The summed E-state index contributed by atoms with van der Waals surface area (Å²) in [7, 11) is 0. The van der Waals surface area contributed by atoms with Crippen LogP contribution in [-0.2, 0) is 4.79 Å². The molecule has 0 fully saturated rings. The SMILES string of the molecule is N#C/C(=C\c1ccccc1OC(F)(F)F)C(=O)O. The molecule has 0 aliphatic heterocycles. The van der Waals surface area contributed by atoms with E-state index in [1.165, 1.54) is 24.3 Å². The molecule has 0 saturated carbocycles. The lowest BCUT2D eigenvalue weighted by molar-refractivity contribution is -0.274. The van der Waals surface area contributed by atoms with Crippen LogP contribution in [0.15, 0.2) is 29.8 Å². The maximum Gasteiger partial charge on any atom is 0.573 e. The summed E-state index contributed by atoms with van der Waals surface area (Å²) < 4.78 is 39.9. The third-order valence-corrected chi connectivity index (χ3v) is 1.80. The Balaban J connectivity index is 3.18. The van der Waals surface area contributed by atoms with E-state index in [0.717, 1.165) is 12.1 Å². The fourth-order valence-electron chi connectivity index (χ4n) is 1.11. The second-order valence-electron chi connectivity index (χ2n) is 3.06. The maximum absolute atomic E-state index is 12.1. The number of nitriles is 1. The van der Waals surface area contributed by atoms with Crippen LogP contribution in [0, 0.1) is 11.3 Å². The van der Waals surface area contributed by atoms with Crippen LogP contribution >= 0.6 is 0 Å². The summed E-state index contributed by atoms with van der Waals surface area (Å²) in [5.41, 5.74) is -0.831. The van der Waals surface area contributed by atoms with Gasteiger partial charge >= 0.3 is 12.3 Å². The standard InChI is InChI=1S/C11H6F3NO3/c12-11(13,14)18-9-4-2-1-3-7(9)5-8(6-15)10(16)17/h1-5H,(H,16,17)/b8-5+. The summed E-state index contributed by atoms with van der Waals surface area (Å²) in [5, 5.41) is 17.1. The molecule has 0 bridgehead atoms. The van der Waals surface area contributed by atoms with Crippen molar-refractivity contribution in [3.63, 3.8) is 0 Å². The molecule has 0 heterocycles. The highest BCUT2D eigenvalue weighted by atomic mass is 19.4. The van der Waals surface area contributed by atoms with Gasteiger partial charge in [-0.15, -0.1) is 13.2 Å². The van der Waals surface area contributed by atoms with Crippen LogP contribution in [-0.4, -0.2) is 17.4 Å². The van der Waals surface area contributed by atoms with Crippen molar-refractivity contribution < 1.29 is 27.8 Å². The van der Waals surface area contributed by atoms with Crippen molar-refractivity contribution in [2.45, 2.75) is 6.36 Å². The zero-order valence-electron chi connectivity index (χ0n) is 8.73. The lowest BCUT2D eigenvalue weighted by Gasteiger charge is -2.11.